The topological polar surface area (TPSA) is 44.1 Å². The SMILES string of the molecule is COC(=O)c1nccn1C1CC1. The van der Waals surface area contributed by atoms with Crippen molar-refractivity contribution in [1.29, 1.82) is 0 Å². The Balaban J connectivity index is 2.29. The number of esters is 1. The molecule has 0 bridgehead atoms. The summed E-state index contributed by atoms with van der Waals surface area (Å²) in [6.45, 7) is 0. The van der Waals surface area contributed by atoms with E-state index in [9.17, 15) is 4.79 Å². The Morgan fingerprint density at radius 1 is 1.75 bits per heavy atom. The molecule has 0 atom stereocenters. The van der Waals surface area contributed by atoms with Crippen molar-refractivity contribution < 1.29 is 9.53 Å². The molecule has 0 radical (unpaired) electrons. The Hall–Kier alpha value is -1.32. The van der Waals surface area contributed by atoms with E-state index in [-0.39, 0.29) is 5.97 Å². The summed E-state index contributed by atoms with van der Waals surface area (Å²) in [4.78, 5) is 15.1. The highest BCUT2D eigenvalue weighted by Gasteiger charge is 2.27. The summed E-state index contributed by atoms with van der Waals surface area (Å²) in [6.07, 6.45) is 5.73. The van der Waals surface area contributed by atoms with Crippen LogP contribution in [0.1, 0.15) is 29.5 Å². The van der Waals surface area contributed by atoms with Gasteiger partial charge in [-0.15, -0.1) is 0 Å². The Morgan fingerprint density at radius 3 is 3.08 bits per heavy atom. The van der Waals surface area contributed by atoms with Gasteiger partial charge in [-0.25, -0.2) is 9.78 Å². The van der Waals surface area contributed by atoms with Crippen molar-refractivity contribution >= 4 is 5.97 Å². The van der Waals surface area contributed by atoms with Crippen LogP contribution in [-0.4, -0.2) is 22.6 Å². The Morgan fingerprint density at radius 2 is 2.50 bits per heavy atom. The smallest absolute Gasteiger partial charge is 0.374 e. The highest BCUT2D eigenvalue weighted by atomic mass is 16.5. The van der Waals surface area contributed by atoms with Gasteiger partial charge in [0.2, 0.25) is 5.82 Å². The van der Waals surface area contributed by atoms with E-state index in [2.05, 4.69) is 9.72 Å². The largest absolute Gasteiger partial charge is 0.463 e. The van der Waals surface area contributed by atoms with Gasteiger partial charge in [-0.3, -0.25) is 0 Å². The van der Waals surface area contributed by atoms with Crippen LogP contribution in [0.25, 0.3) is 0 Å². The van der Waals surface area contributed by atoms with E-state index in [0.29, 0.717) is 11.9 Å². The number of rotatable bonds is 2. The normalized spacial score (nSPS) is 16.1. The standard InChI is InChI=1S/C8H10N2O2/c1-12-8(11)7-9-4-5-10(7)6-2-3-6/h4-6H,2-3H2,1H3. The summed E-state index contributed by atoms with van der Waals surface area (Å²) in [5, 5.41) is 0. The van der Waals surface area contributed by atoms with Crippen molar-refractivity contribution in [3.05, 3.63) is 18.2 Å². The van der Waals surface area contributed by atoms with Crippen molar-refractivity contribution in [3.8, 4) is 0 Å². The molecular weight excluding hydrogens is 156 g/mol. The Bertz CT molecular complexity index is 302. The predicted molar refractivity (Wildman–Crippen MR) is 41.8 cm³/mol. The minimum Gasteiger partial charge on any atom is -0.463 e. The number of imidazole rings is 1. The summed E-state index contributed by atoms with van der Waals surface area (Å²) in [6, 6.07) is 0.474. The third-order valence-electron chi connectivity index (χ3n) is 1.98. The molecule has 1 fully saturated rings. The maximum atomic E-state index is 11.1. The third kappa shape index (κ3) is 1.09. The summed E-state index contributed by atoms with van der Waals surface area (Å²) in [7, 11) is 1.37. The maximum Gasteiger partial charge on any atom is 0.374 e. The van der Waals surface area contributed by atoms with Gasteiger partial charge in [0.25, 0.3) is 0 Å². The number of hydrogen-bond donors (Lipinski definition) is 0. The fourth-order valence-electron chi connectivity index (χ4n) is 1.21. The van der Waals surface area contributed by atoms with E-state index in [1.807, 2.05) is 10.8 Å². The first-order chi connectivity index (χ1) is 5.83. The summed E-state index contributed by atoms with van der Waals surface area (Å²) < 4.78 is 6.47. The molecule has 0 spiro atoms. The molecule has 12 heavy (non-hydrogen) atoms. The van der Waals surface area contributed by atoms with E-state index in [0.717, 1.165) is 12.8 Å². The van der Waals surface area contributed by atoms with Gasteiger partial charge in [0, 0.05) is 18.4 Å². The maximum absolute atomic E-state index is 11.1. The van der Waals surface area contributed by atoms with Crippen LogP contribution in [0.3, 0.4) is 0 Å². The van der Waals surface area contributed by atoms with Crippen molar-refractivity contribution in [3.63, 3.8) is 0 Å². The molecule has 1 aliphatic rings. The lowest BCUT2D eigenvalue weighted by molar-refractivity contribution is 0.0581. The summed E-state index contributed by atoms with van der Waals surface area (Å²) in [5.41, 5.74) is 0. The van der Waals surface area contributed by atoms with E-state index in [4.69, 9.17) is 0 Å². The van der Waals surface area contributed by atoms with Crippen LogP contribution in [0.5, 0.6) is 0 Å². The minimum atomic E-state index is -0.355. The number of methoxy groups -OCH3 is 1. The number of ether oxygens (including phenoxy) is 1. The van der Waals surface area contributed by atoms with Gasteiger partial charge in [-0.1, -0.05) is 0 Å². The lowest BCUT2D eigenvalue weighted by Gasteiger charge is -2.02. The molecule has 2 rings (SSSR count). The molecule has 0 N–H and O–H groups in total. The molecule has 0 saturated heterocycles. The van der Waals surface area contributed by atoms with Gasteiger partial charge in [0.1, 0.15) is 0 Å². The molecule has 64 valence electrons. The molecular formula is C8H10N2O2. The third-order valence-corrected chi connectivity index (χ3v) is 1.98. The van der Waals surface area contributed by atoms with Crippen molar-refractivity contribution in [1.82, 2.24) is 9.55 Å². The Kier molecular flexibility index (Phi) is 1.60. The fourth-order valence-corrected chi connectivity index (χ4v) is 1.21. The Labute approximate surface area is 70.2 Å². The molecule has 1 aromatic rings. The quantitative estimate of drug-likeness (QED) is 0.616. The number of carbonyl (C=O) groups excluding carboxylic acids is 1. The molecule has 4 heteroatoms. The van der Waals surface area contributed by atoms with Crippen molar-refractivity contribution in [2.45, 2.75) is 18.9 Å². The van der Waals surface area contributed by atoms with Crippen LogP contribution in [0, 0.1) is 0 Å². The van der Waals surface area contributed by atoms with Gasteiger partial charge in [-0.2, -0.15) is 0 Å². The fraction of sp³-hybridized carbons (Fsp3) is 0.500. The average Bonchev–Trinajstić information content (AvgIpc) is 2.83. The highest BCUT2D eigenvalue weighted by molar-refractivity contribution is 5.85. The van der Waals surface area contributed by atoms with Gasteiger partial charge >= 0.3 is 5.97 Å². The van der Waals surface area contributed by atoms with E-state index >= 15 is 0 Å². The molecule has 0 aromatic carbocycles. The first kappa shape index (κ1) is 7.34. The first-order valence-electron chi connectivity index (χ1n) is 3.94. The van der Waals surface area contributed by atoms with Crippen LogP contribution in [0.15, 0.2) is 12.4 Å². The van der Waals surface area contributed by atoms with Crippen LogP contribution in [-0.2, 0) is 4.74 Å². The van der Waals surface area contributed by atoms with Crippen molar-refractivity contribution in [2.24, 2.45) is 0 Å². The molecule has 1 aromatic heterocycles. The van der Waals surface area contributed by atoms with E-state index in [1.54, 1.807) is 6.20 Å². The molecule has 1 aliphatic carbocycles. The van der Waals surface area contributed by atoms with Gasteiger partial charge in [0.05, 0.1) is 7.11 Å². The van der Waals surface area contributed by atoms with Crippen molar-refractivity contribution in [2.75, 3.05) is 7.11 Å². The van der Waals surface area contributed by atoms with Crippen LogP contribution in [0.2, 0.25) is 0 Å². The monoisotopic (exact) mass is 166 g/mol. The predicted octanol–water partition coefficient (Wildman–Crippen LogP) is 1.00. The number of carbonyl (C=O) groups is 1. The van der Waals surface area contributed by atoms with Gasteiger partial charge in [-0.05, 0) is 12.8 Å². The van der Waals surface area contributed by atoms with Crippen LogP contribution < -0.4 is 0 Å². The lowest BCUT2D eigenvalue weighted by Crippen LogP contribution is -2.10. The first-order valence-corrected chi connectivity index (χ1v) is 3.94. The molecule has 4 nitrogen and oxygen atoms in total. The second-order valence-corrected chi connectivity index (χ2v) is 2.88. The summed E-state index contributed by atoms with van der Waals surface area (Å²) >= 11 is 0. The highest BCUT2D eigenvalue weighted by Crippen LogP contribution is 2.35. The van der Waals surface area contributed by atoms with Crippen LogP contribution >= 0.6 is 0 Å². The number of nitrogens with zero attached hydrogens (tertiary/aromatic N) is 2. The second-order valence-electron chi connectivity index (χ2n) is 2.88. The molecule has 1 saturated carbocycles. The summed E-state index contributed by atoms with van der Waals surface area (Å²) in [5.74, 6) is 0.0619. The molecule has 0 unspecified atom stereocenters. The van der Waals surface area contributed by atoms with Gasteiger partial charge < -0.3 is 9.30 Å². The van der Waals surface area contributed by atoms with E-state index < -0.39 is 0 Å². The molecule has 0 aliphatic heterocycles. The van der Waals surface area contributed by atoms with E-state index in [1.165, 1.54) is 7.11 Å². The second kappa shape index (κ2) is 2.62. The number of aromatic nitrogens is 2. The van der Waals surface area contributed by atoms with Gasteiger partial charge in [0.15, 0.2) is 0 Å². The average molecular weight is 166 g/mol. The lowest BCUT2D eigenvalue weighted by atomic mass is 10.5. The zero-order valence-corrected chi connectivity index (χ0v) is 6.86. The zero-order valence-electron chi connectivity index (χ0n) is 6.86. The van der Waals surface area contributed by atoms with Crippen LogP contribution in [0.4, 0.5) is 0 Å². The minimum absolute atomic E-state index is 0.355. The number of hydrogen-bond acceptors (Lipinski definition) is 3. The zero-order chi connectivity index (χ0) is 8.55. The molecule has 1 heterocycles. The molecule has 0 amide bonds.